The number of ketones is 2. The molecule has 2 heterocycles. The number of Topliss-reactive ketones (excluding diaryl/α,β-unsaturated/α-hetero) is 2. The third-order valence-electron chi connectivity index (χ3n) is 9.22. The van der Waals surface area contributed by atoms with E-state index in [9.17, 15) is 32.1 Å². The van der Waals surface area contributed by atoms with Crippen LogP contribution in [-0.2, 0) is 39.9 Å². The molecular weight excluding hydrogens is 917 g/mol. The van der Waals surface area contributed by atoms with Crippen molar-refractivity contribution in [2.24, 2.45) is 51.0 Å². The number of nitrogens with one attached hydrogen (secondary N) is 2. The van der Waals surface area contributed by atoms with Gasteiger partial charge in [-0.15, -0.1) is 17.6 Å². The van der Waals surface area contributed by atoms with Crippen LogP contribution in [0.4, 0.5) is 34.1 Å². The number of piperidine rings is 2. The van der Waals surface area contributed by atoms with E-state index in [-0.39, 0.29) is 47.2 Å². The largest absolute Gasteiger partial charge is 0.494 e. The van der Waals surface area contributed by atoms with E-state index in [1.54, 1.807) is 69.3 Å². The molecule has 0 aliphatic carbocycles. The van der Waals surface area contributed by atoms with Gasteiger partial charge in [0.05, 0.1) is 48.4 Å². The first-order valence-corrected chi connectivity index (χ1v) is 21.3. The summed E-state index contributed by atoms with van der Waals surface area (Å²) in [6.45, 7) is 11.9. The normalized spacial score (nSPS) is 17.7. The molecule has 67 heavy (non-hydrogen) atoms. The van der Waals surface area contributed by atoms with Gasteiger partial charge in [0, 0.05) is 11.6 Å². The highest BCUT2D eigenvalue weighted by molar-refractivity contribution is 7.86. The standard InChI is InChI=1S/C40H32N14O8S.O3S/c1-20-13-28(50-53-38-32(56)18-36(52-42-4)45-40(38)58)21(2)12-27(20)48-47-25-10-11-26(34(15-25)63(59,60)61)23-6-8-24(9-7-23)46-49-29-16-33(62-5)30(14-22(29)3)51-54-37-31(55)17-35(43-19-41)44-39(37)57;1-4(2)3/h6-16,37-38H,17-18H2,1-3,5H3,(H,43,44,57)(H,45,52,58)(H,59,60,61);. The van der Waals surface area contributed by atoms with Gasteiger partial charge in [-0.25, -0.2) is 0 Å². The molecule has 2 unspecified atom stereocenters. The molecule has 2 atom stereocenters. The Balaban J connectivity index is 0.00000202. The predicted octanol–water partition coefficient (Wildman–Crippen LogP) is 6.56. The summed E-state index contributed by atoms with van der Waals surface area (Å²) in [4.78, 5) is 55.3. The summed E-state index contributed by atoms with van der Waals surface area (Å²) < 4.78 is 66.1. The highest BCUT2D eigenvalue weighted by Gasteiger charge is 2.35. The van der Waals surface area contributed by atoms with Gasteiger partial charge in [0.15, 0.2) is 17.4 Å². The number of amides is 2. The van der Waals surface area contributed by atoms with E-state index in [4.69, 9.17) is 29.2 Å². The molecule has 25 nitrogen and oxygen atoms in total. The molecule has 4 aromatic rings. The number of carbonyl (C=O) groups excluding carboxylic acids is 4. The van der Waals surface area contributed by atoms with Gasteiger partial charge in [-0.3, -0.25) is 23.7 Å². The Bertz CT molecular complexity index is 3160. The van der Waals surface area contributed by atoms with E-state index < -0.39 is 61.1 Å². The lowest BCUT2D eigenvalue weighted by atomic mass is 10.0. The molecule has 0 aromatic heterocycles. The minimum Gasteiger partial charge on any atom is -0.494 e. The van der Waals surface area contributed by atoms with Gasteiger partial charge >= 0.3 is 10.6 Å². The zero-order chi connectivity index (χ0) is 49.0. The summed E-state index contributed by atoms with van der Waals surface area (Å²) in [5.41, 5.74) is 4.28. The first-order valence-electron chi connectivity index (χ1n) is 18.8. The van der Waals surface area contributed by atoms with Crippen LogP contribution in [0.1, 0.15) is 29.5 Å². The summed E-state index contributed by atoms with van der Waals surface area (Å²) in [7, 11) is -6.47. The second kappa shape index (κ2) is 21.7. The average molecular weight is 949 g/mol. The van der Waals surface area contributed by atoms with Gasteiger partial charge in [-0.2, -0.15) is 66.2 Å². The van der Waals surface area contributed by atoms with Gasteiger partial charge < -0.3 is 15.4 Å². The molecule has 2 fully saturated rings. The van der Waals surface area contributed by atoms with E-state index in [1.807, 2.05) is 0 Å². The highest BCUT2D eigenvalue weighted by atomic mass is 32.2. The second-order valence-corrected chi connectivity index (χ2v) is 15.6. The fourth-order valence-electron chi connectivity index (χ4n) is 6.02. The summed E-state index contributed by atoms with van der Waals surface area (Å²) >= 11 is 0. The Labute approximate surface area is 380 Å². The van der Waals surface area contributed by atoms with Crippen LogP contribution in [0, 0.1) is 38.8 Å². The number of rotatable bonds is 11. The van der Waals surface area contributed by atoms with E-state index in [2.05, 4.69) is 66.6 Å². The average Bonchev–Trinajstić information content (AvgIpc) is 3.26. The van der Waals surface area contributed by atoms with E-state index in [1.165, 1.54) is 31.5 Å². The third kappa shape index (κ3) is 12.9. The van der Waals surface area contributed by atoms with Gasteiger partial charge in [0.2, 0.25) is 18.3 Å². The highest BCUT2D eigenvalue weighted by Crippen LogP contribution is 2.37. The fraction of sp³-hybridized carbons (Fsp3) is 0.200. The molecule has 2 aliphatic rings. The Morgan fingerprint density at radius 3 is 1.72 bits per heavy atom. The maximum absolute atomic E-state index is 12.6. The van der Waals surface area contributed by atoms with Gasteiger partial charge in [-0.05, 0) is 85.5 Å². The number of aryl methyl sites for hydroxylation is 3. The number of methoxy groups -OCH3 is 1. The number of nitriles is 1. The van der Waals surface area contributed by atoms with Crippen molar-refractivity contribution < 1.29 is 49.5 Å². The molecule has 4 aromatic carbocycles. The number of carbonyl (C=O) groups is 4. The summed E-state index contributed by atoms with van der Waals surface area (Å²) in [6.07, 6.45) is 0.981. The molecule has 2 saturated heterocycles. The minimum absolute atomic E-state index is 0.0518. The van der Waals surface area contributed by atoms with Crippen LogP contribution in [0.3, 0.4) is 0 Å². The Morgan fingerprint density at radius 2 is 1.19 bits per heavy atom. The molecule has 2 aliphatic heterocycles. The topological polar surface area (TPSA) is 359 Å². The first kappa shape index (κ1) is 49.2. The van der Waals surface area contributed by atoms with Crippen molar-refractivity contribution in [3.63, 3.8) is 0 Å². The zero-order valence-corrected chi connectivity index (χ0v) is 36.8. The van der Waals surface area contributed by atoms with Crippen LogP contribution < -0.4 is 15.4 Å². The molecule has 0 radical (unpaired) electrons. The maximum Gasteiger partial charge on any atom is 0.425 e. The third-order valence-corrected chi connectivity index (χ3v) is 10.1. The number of hydrogen-bond acceptors (Lipinski definition) is 21. The molecule has 0 saturated carbocycles. The Hall–Kier alpha value is -8.79. The lowest BCUT2D eigenvalue weighted by Gasteiger charge is -2.17. The molecule has 0 bridgehead atoms. The van der Waals surface area contributed by atoms with Crippen LogP contribution in [0.5, 0.6) is 5.75 Å². The lowest BCUT2D eigenvalue weighted by molar-refractivity contribution is -0.131. The summed E-state index contributed by atoms with van der Waals surface area (Å²) in [5, 5.41) is 49.8. The SMILES string of the molecule is O=S(=O)=O.[C-]#[N+]N=C1CC(=O)C(N=Nc2cc(C)c(N=Nc3ccc(-c4ccc(N=Nc5cc(OC)c(N=NC6C(=O)CC(=NC#N)NC6=O)cc5C)cc4)c(S(=O)(=O)O)c3)cc2C)C(=O)N1. The molecule has 2 amide bonds. The molecule has 6 rings (SSSR count). The lowest BCUT2D eigenvalue weighted by Crippen LogP contribution is -2.48. The van der Waals surface area contributed by atoms with E-state index in [0.29, 0.717) is 45.0 Å². The molecule has 340 valence electrons. The number of ether oxygens (including phenoxy) is 1. The van der Waals surface area contributed by atoms with Crippen molar-refractivity contribution in [1.82, 2.24) is 10.6 Å². The quantitative estimate of drug-likeness (QED) is 0.0359. The van der Waals surface area contributed by atoms with Gasteiger partial charge in [0.25, 0.3) is 21.9 Å². The molecular formula is C40H32N14O11S2. The second-order valence-electron chi connectivity index (χ2n) is 13.8. The number of nitrogens with zero attached hydrogens (tertiary/aromatic N) is 12. The van der Waals surface area contributed by atoms with Crippen LogP contribution in [-0.4, -0.2) is 79.8 Å². The number of azo groups is 4. The molecule has 3 N–H and O–H groups in total. The first-order chi connectivity index (χ1) is 31.8. The van der Waals surface area contributed by atoms with Crippen molar-refractivity contribution in [2.75, 3.05) is 7.11 Å². The van der Waals surface area contributed by atoms with Gasteiger partial charge in [0.1, 0.15) is 27.3 Å². The van der Waals surface area contributed by atoms with E-state index in [0.717, 1.165) is 0 Å². The number of amidine groups is 2. The van der Waals surface area contributed by atoms with Crippen molar-refractivity contribution in [3.05, 3.63) is 94.9 Å². The molecule has 27 heteroatoms. The number of hydrogen-bond donors (Lipinski definition) is 3. The van der Waals surface area contributed by atoms with Crippen LogP contribution in [0.2, 0.25) is 0 Å². The van der Waals surface area contributed by atoms with Crippen LogP contribution in [0.25, 0.3) is 16.1 Å². The number of benzene rings is 4. The van der Waals surface area contributed by atoms with Crippen molar-refractivity contribution in [3.8, 4) is 23.1 Å². The predicted molar refractivity (Wildman–Crippen MR) is 233 cm³/mol. The minimum atomic E-state index is -4.75. The smallest absolute Gasteiger partial charge is 0.425 e. The van der Waals surface area contributed by atoms with Crippen LogP contribution in [0.15, 0.2) is 123 Å². The molecule has 0 spiro atoms. The Morgan fingerprint density at radius 1 is 0.716 bits per heavy atom. The van der Waals surface area contributed by atoms with Crippen molar-refractivity contribution in [2.45, 2.75) is 50.6 Å². The zero-order valence-electron chi connectivity index (χ0n) is 35.1. The number of aliphatic imine (C=N–C) groups is 1. The van der Waals surface area contributed by atoms with Crippen LogP contribution >= 0.6 is 0 Å². The van der Waals surface area contributed by atoms with Crippen molar-refractivity contribution in [1.29, 1.82) is 5.26 Å². The van der Waals surface area contributed by atoms with Gasteiger partial charge in [-0.1, -0.05) is 18.2 Å². The monoisotopic (exact) mass is 948 g/mol. The summed E-state index contributed by atoms with van der Waals surface area (Å²) in [5.74, 6) is -2.53. The van der Waals surface area contributed by atoms with Crippen molar-refractivity contribution >= 4 is 89.9 Å². The maximum atomic E-state index is 12.6. The van der Waals surface area contributed by atoms with E-state index >= 15 is 0 Å². The fourth-order valence-corrected chi connectivity index (χ4v) is 6.75. The summed E-state index contributed by atoms with van der Waals surface area (Å²) in [6, 6.07) is 14.1. The Kier molecular flexibility index (Phi) is 16.0.